The van der Waals surface area contributed by atoms with Crippen LogP contribution in [0.5, 0.6) is 11.5 Å². The van der Waals surface area contributed by atoms with E-state index in [1.54, 1.807) is 25.2 Å². The third kappa shape index (κ3) is 3.64. The summed E-state index contributed by atoms with van der Waals surface area (Å²) in [5.74, 6) is 1.07. The fourth-order valence-electron chi connectivity index (χ4n) is 3.14. The molecule has 1 heterocycles. The monoisotopic (exact) mass is 354 g/mol. The van der Waals surface area contributed by atoms with Crippen LogP contribution in [0.4, 0.5) is 5.69 Å². The molecule has 1 saturated heterocycles. The van der Waals surface area contributed by atoms with E-state index in [4.69, 9.17) is 9.47 Å². The summed E-state index contributed by atoms with van der Waals surface area (Å²) in [5.41, 5.74) is 1.65. The molecule has 1 N–H and O–H groups in total. The van der Waals surface area contributed by atoms with Crippen LogP contribution < -0.4 is 19.7 Å². The lowest BCUT2D eigenvalue weighted by Gasteiger charge is -2.24. The molecule has 1 aliphatic rings. The van der Waals surface area contributed by atoms with Crippen molar-refractivity contribution in [1.82, 2.24) is 5.32 Å². The fourth-order valence-corrected chi connectivity index (χ4v) is 3.14. The number of hydrogen-bond acceptors (Lipinski definition) is 4. The molecule has 136 valence electrons. The first-order valence-corrected chi connectivity index (χ1v) is 8.49. The first-order valence-electron chi connectivity index (χ1n) is 8.49. The van der Waals surface area contributed by atoms with E-state index in [2.05, 4.69) is 5.32 Å². The standard InChI is InChI=1S/C20H22N2O4/c1-25-17-10-8-14(12-18(17)26-2)13-21-20(24)16-9-11-19(23)22(16)15-6-4-3-5-7-15/h3-8,10,12,16H,9,11,13H2,1-2H3,(H,21,24). The van der Waals surface area contributed by atoms with Gasteiger partial charge in [0.1, 0.15) is 6.04 Å². The van der Waals surface area contributed by atoms with Gasteiger partial charge in [-0.15, -0.1) is 0 Å². The number of ether oxygens (including phenoxy) is 2. The second-order valence-electron chi connectivity index (χ2n) is 6.06. The Hall–Kier alpha value is -3.02. The zero-order valence-electron chi connectivity index (χ0n) is 14.9. The van der Waals surface area contributed by atoms with Gasteiger partial charge in [0.2, 0.25) is 11.8 Å². The highest BCUT2D eigenvalue weighted by Crippen LogP contribution is 2.28. The molecular weight excluding hydrogens is 332 g/mol. The first kappa shape index (κ1) is 17.8. The highest BCUT2D eigenvalue weighted by Gasteiger charge is 2.36. The van der Waals surface area contributed by atoms with Crippen molar-refractivity contribution in [3.8, 4) is 11.5 Å². The minimum Gasteiger partial charge on any atom is -0.493 e. The SMILES string of the molecule is COc1ccc(CNC(=O)C2CCC(=O)N2c2ccccc2)cc1OC. The van der Waals surface area contributed by atoms with E-state index < -0.39 is 6.04 Å². The van der Waals surface area contributed by atoms with Crippen molar-refractivity contribution in [3.05, 3.63) is 54.1 Å². The number of benzene rings is 2. The van der Waals surface area contributed by atoms with Gasteiger partial charge in [-0.1, -0.05) is 24.3 Å². The number of rotatable bonds is 6. The first-order chi connectivity index (χ1) is 12.6. The van der Waals surface area contributed by atoms with Crippen LogP contribution in [0.15, 0.2) is 48.5 Å². The van der Waals surface area contributed by atoms with E-state index in [-0.39, 0.29) is 11.8 Å². The molecule has 0 aromatic heterocycles. The van der Waals surface area contributed by atoms with Crippen molar-refractivity contribution < 1.29 is 19.1 Å². The summed E-state index contributed by atoms with van der Waals surface area (Å²) in [7, 11) is 3.15. The molecule has 1 unspecified atom stereocenters. The van der Waals surface area contributed by atoms with E-state index in [0.29, 0.717) is 30.9 Å². The Morgan fingerprint density at radius 2 is 1.85 bits per heavy atom. The number of amides is 2. The molecule has 1 aliphatic heterocycles. The highest BCUT2D eigenvalue weighted by atomic mass is 16.5. The lowest BCUT2D eigenvalue weighted by molar-refractivity contribution is -0.124. The van der Waals surface area contributed by atoms with Crippen LogP contribution in [0.1, 0.15) is 18.4 Å². The summed E-state index contributed by atoms with van der Waals surface area (Å²) in [5, 5.41) is 2.92. The third-order valence-corrected chi connectivity index (χ3v) is 4.46. The Labute approximate surface area is 152 Å². The number of hydrogen-bond donors (Lipinski definition) is 1. The maximum absolute atomic E-state index is 12.7. The van der Waals surface area contributed by atoms with Gasteiger partial charge in [0.25, 0.3) is 0 Å². The van der Waals surface area contributed by atoms with Gasteiger partial charge in [-0.2, -0.15) is 0 Å². The summed E-state index contributed by atoms with van der Waals surface area (Å²) >= 11 is 0. The molecule has 1 atom stereocenters. The van der Waals surface area contributed by atoms with E-state index in [0.717, 1.165) is 11.3 Å². The number of carbonyl (C=O) groups is 2. The molecule has 0 aliphatic carbocycles. The number of anilines is 1. The lowest BCUT2D eigenvalue weighted by Crippen LogP contribution is -2.44. The third-order valence-electron chi connectivity index (χ3n) is 4.46. The summed E-state index contributed by atoms with van der Waals surface area (Å²) in [6, 6.07) is 14.3. The predicted octanol–water partition coefficient (Wildman–Crippen LogP) is 2.52. The Kier molecular flexibility index (Phi) is 5.41. The molecule has 0 bridgehead atoms. The molecule has 2 aromatic rings. The van der Waals surface area contributed by atoms with Crippen molar-refractivity contribution in [2.45, 2.75) is 25.4 Å². The molecule has 3 rings (SSSR count). The molecular formula is C20H22N2O4. The number of para-hydroxylation sites is 1. The van der Waals surface area contributed by atoms with Gasteiger partial charge < -0.3 is 14.8 Å². The average Bonchev–Trinajstić information content (AvgIpc) is 3.08. The van der Waals surface area contributed by atoms with E-state index in [1.807, 2.05) is 42.5 Å². The number of carbonyl (C=O) groups excluding carboxylic acids is 2. The second-order valence-corrected chi connectivity index (χ2v) is 6.06. The van der Waals surface area contributed by atoms with Crippen LogP contribution in [-0.2, 0) is 16.1 Å². The van der Waals surface area contributed by atoms with Gasteiger partial charge >= 0.3 is 0 Å². The molecule has 0 saturated carbocycles. The Morgan fingerprint density at radius 3 is 2.54 bits per heavy atom. The van der Waals surface area contributed by atoms with Gasteiger partial charge in [0.05, 0.1) is 14.2 Å². The number of nitrogens with zero attached hydrogens (tertiary/aromatic N) is 1. The van der Waals surface area contributed by atoms with Crippen LogP contribution in [0.2, 0.25) is 0 Å². The van der Waals surface area contributed by atoms with E-state index in [9.17, 15) is 9.59 Å². The zero-order valence-corrected chi connectivity index (χ0v) is 14.9. The van der Waals surface area contributed by atoms with Gasteiger partial charge in [-0.05, 0) is 36.2 Å². The van der Waals surface area contributed by atoms with Crippen LogP contribution in [0.3, 0.4) is 0 Å². The molecule has 2 aromatic carbocycles. The van der Waals surface area contributed by atoms with Crippen LogP contribution >= 0.6 is 0 Å². The Morgan fingerprint density at radius 1 is 1.12 bits per heavy atom. The molecule has 2 amide bonds. The maximum atomic E-state index is 12.7. The topological polar surface area (TPSA) is 67.9 Å². The smallest absolute Gasteiger partial charge is 0.243 e. The molecule has 0 radical (unpaired) electrons. The Bertz CT molecular complexity index is 792. The highest BCUT2D eigenvalue weighted by molar-refractivity contribution is 6.03. The molecule has 1 fully saturated rings. The zero-order chi connectivity index (χ0) is 18.5. The number of nitrogens with one attached hydrogen (secondary N) is 1. The quantitative estimate of drug-likeness (QED) is 0.866. The summed E-state index contributed by atoms with van der Waals surface area (Å²) < 4.78 is 10.5. The van der Waals surface area contributed by atoms with Gasteiger partial charge in [0.15, 0.2) is 11.5 Å². The van der Waals surface area contributed by atoms with Crippen LogP contribution in [0, 0.1) is 0 Å². The van der Waals surface area contributed by atoms with Crippen molar-refractivity contribution in [2.24, 2.45) is 0 Å². The largest absolute Gasteiger partial charge is 0.493 e. The van der Waals surface area contributed by atoms with Gasteiger partial charge in [-0.25, -0.2) is 0 Å². The average molecular weight is 354 g/mol. The predicted molar refractivity (Wildman–Crippen MR) is 98.3 cm³/mol. The van der Waals surface area contributed by atoms with Crippen molar-refractivity contribution in [2.75, 3.05) is 19.1 Å². The molecule has 26 heavy (non-hydrogen) atoms. The number of methoxy groups -OCH3 is 2. The van der Waals surface area contributed by atoms with Gasteiger partial charge in [0, 0.05) is 18.7 Å². The summed E-state index contributed by atoms with van der Waals surface area (Å²) in [4.78, 5) is 26.5. The maximum Gasteiger partial charge on any atom is 0.243 e. The van der Waals surface area contributed by atoms with E-state index in [1.165, 1.54) is 0 Å². The summed E-state index contributed by atoms with van der Waals surface area (Å²) in [6.07, 6.45) is 0.898. The minimum absolute atomic E-state index is 0.0255. The molecule has 6 nitrogen and oxygen atoms in total. The van der Waals surface area contributed by atoms with Crippen LogP contribution in [-0.4, -0.2) is 32.1 Å². The lowest BCUT2D eigenvalue weighted by atomic mass is 10.1. The van der Waals surface area contributed by atoms with Crippen molar-refractivity contribution in [1.29, 1.82) is 0 Å². The van der Waals surface area contributed by atoms with Crippen LogP contribution in [0.25, 0.3) is 0 Å². The van der Waals surface area contributed by atoms with Crippen molar-refractivity contribution >= 4 is 17.5 Å². The van der Waals surface area contributed by atoms with E-state index >= 15 is 0 Å². The normalized spacial score (nSPS) is 16.5. The molecule has 6 heteroatoms. The van der Waals surface area contributed by atoms with Gasteiger partial charge in [-0.3, -0.25) is 14.5 Å². The second kappa shape index (κ2) is 7.91. The summed E-state index contributed by atoms with van der Waals surface area (Å²) in [6.45, 7) is 0.354. The Balaban J connectivity index is 1.69. The molecule has 0 spiro atoms. The fraction of sp³-hybridized carbons (Fsp3) is 0.300. The van der Waals surface area contributed by atoms with Crippen molar-refractivity contribution in [3.63, 3.8) is 0 Å². The minimum atomic E-state index is -0.481.